The van der Waals surface area contributed by atoms with Crippen LogP contribution in [0.1, 0.15) is 0 Å². The number of nitrogens with one attached hydrogen (secondary N) is 2. The second-order valence-electron chi connectivity index (χ2n) is 1.75. The summed E-state index contributed by atoms with van der Waals surface area (Å²) in [6.45, 7) is 0. The summed E-state index contributed by atoms with van der Waals surface area (Å²) in [6.07, 6.45) is 1.50. The van der Waals surface area contributed by atoms with Gasteiger partial charge in [-0.25, -0.2) is 0 Å². The van der Waals surface area contributed by atoms with Crippen molar-refractivity contribution in [3.8, 4) is 0 Å². The number of hydrazine groups is 1. The number of carbonyl (C=O) groups excluding carboxylic acids is 1. The molecule has 1 heterocycles. The number of amides is 1. The first-order chi connectivity index (χ1) is 4.75. The third-order valence-electron chi connectivity index (χ3n) is 1.13. The molecule has 1 amide bonds. The number of ether oxygens (including phenoxy) is 1. The van der Waals surface area contributed by atoms with Gasteiger partial charge in [0.05, 0.1) is 13.3 Å². The molecular formula is C5H7ClN2O2. The Morgan fingerprint density at radius 1 is 1.80 bits per heavy atom. The summed E-state index contributed by atoms with van der Waals surface area (Å²) in [5.74, 6) is 0.117. The van der Waals surface area contributed by atoms with E-state index in [0.717, 1.165) is 0 Å². The van der Waals surface area contributed by atoms with Crippen molar-refractivity contribution in [3.05, 3.63) is 12.0 Å². The highest BCUT2D eigenvalue weighted by Crippen LogP contribution is 2.11. The average molecular weight is 163 g/mol. The van der Waals surface area contributed by atoms with Crippen LogP contribution >= 0.6 is 11.6 Å². The van der Waals surface area contributed by atoms with Gasteiger partial charge < -0.3 is 10.2 Å². The minimum absolute atomic E-state index is 0.305. The van der Waals surface area contributed by atoms with Gasteiger partial charge in [0, 0.05) is 0 Å². The highest BCUT2D eigenvalue weighted by atomic mass is 35.5. The molecule has 0 fully saturated rings. The third kappa shape index (κ3) is 1.16. The minimum atomic E-state index is -0.716. The molecular weight excluding hydrogens is 156 g/mol. The summed E-state index contributed by atoms with van der Waals surface area (Å²) >= 11 is 5.59. The minimum Gasteiger partial charge on any atom is -0.497 e. The summed E-state index contributed by atoms with van der Waals surface area (Å²) in [6, 6.07) is 0. The first-order valence-corrected chi connectivity index (χ1v) is 3.13. The molecule has 0 aromatic heterocycles. The van der Waals surface area contributed by atoms with Crippen LogP contribution in [0, 0.1) is 0 Å². The molecule has 10 heavy (non-hydrogen) atoms. The van der Waals surface area contributed by atoms with Gasteiger partial charge >= 0.3 is 0 Å². The van der Waals surface area contributed by atoms with E-state index in [0.29, 0.717) is 5.76 Å². The molecule has 0 aromatic rings. The van der Waals surface area contributed by atoms with E-state index in [2.05, 4.69) is 10.9 Å². The molecule has 1 aliphatic rings. The van der Waals surface area contributed by atoms with Crippen LogP contribution in [0.2, 0.25) is 0 Å². The van der Waals surface area contributed by atoms with E-state index in [-0.39, 0.29) is 5.91 Å². The largest absolute Gasteiger partial charge is 0.497 e. The summed E-state index contributed by atoms with van der Waals surface area (Å²) in [4.78, 5) is 10.7. The van der Waals surface area contributed by atoms with Crippen molar-refractivity contribution < 1.29 is 9.53 Å². The summed E-state index contributed by atoms with van der Waals surface area (Å²) in [5, 5.41) is -0.716. The van der Waals surface area contributed by atoms with Gasteiger partial charge in [0.1, 0.15) is 5.76 Å². The fraction of sp³-hybridized carbons (Fsp3) is 0.400. The molecule has 0 saturated heterocycles. The summed E-state index contributed by atoms with van der Waals surface area (Å²) in [7, 11) is 1.46. The SMILES string of the molecule is COC1=CNNC(=O)[C@@H]1Cl. The van der Waals surface area contributed by atoms with E-state index in [1.165, 1.54) is 13.3 Å². The molecule has 0 aliphatic carbocycles. The van der Waals surface area contributed by atoms with Gasteiger partial charge in [0.2, 0.25) is 0 Å². The highest BCUT2D eigenvalue weighted by molar-refractivity contribution is 6.32. The van der Waals surface area contributed by atoms with Crippen molar-refractivity contribution in [2.24, 2.45) is 0 Å². The van der Waals surface area contributed by atoms with E-state index in [1.54, 1.807) is 0 Å². The number of halogens is 1. The maximum Gasteiger partial charge on any atom is 0.264 e. The molecule has 1 atom stereocenters. The van der Waals surface area contributed by atoms with Crippen LogP contribution in [0.25, 0.3) is 0 Å². The molecule has 0 radical (unpaired) electrons. The number of methoxy groups -OCH3 is 1. The van der Waals surface area contributed by atoms with E-state index >= 15 is 0 Å². The van der Waals surface area contributed by atoms with Crippen LogP contribution in [-0.2, 0) is 9.53 Å². The maximum atomic E-state index is 10.7. The fourth-order valence-electron chi connectivity index (χ4n) is 0.606. The predicted molar refractivity (Wildman–Crippen MR) is 36.0 cm³/mol. The average Bonchev–Trinajstić information content (AvgIpc) is 1.95. The maximum absolute atomic E-state index is 10.7. The molecule has 0 aromatic carbocycles. The second kappa shape index (κ2) is 2.79. The van der Waals surface area contributed by atoms with Crippen molar-refractivity contribution in [1.82, 2.24) is 10.9 Å². The van der Waals surface area contributed by atoms with Gasteiger partial charge in [-0.05, 0) is 0 Å². The van der Waals surface area contributed by atoms with E-state index in [1.807, 2.05) is 0 Å². The van der Waals surface area contributed by atoms with Gasteiger partial charge in [0.25, 0.3) is 5.91 Å². The van der Waals surface area contributed by atoms with Crippen LogP contribution in [0.5, 0.6) is 0 Å². The summed E-state index contributed by atoms with van der Waals surface area (Å²) in [5.41, 5.74) is 4.81. The molecule has 0 bridgehead atoms. The van der Waals surface area contributed by atoms with Crippen molar-refractivity contribution in [2.45, 2.75) is 5.38 Å². The topological polar surface area (TPSA) is 50.4 Å². The van der Waals surface area contributed by atoms with Crippen LogP contribution in [0.3, 0.4) is 0 Å². The lowest BCUT2D eigenvalue weighted by molar-refractivity contribution is -0.121. The van der Waals surface area contributed by atoms with Crippen molar-refractivity contribution in [1.29, 1.82) is 0 Å². The van der Waals surface area contributed by atoms with E-state index in [9.17, 15) is 4.79 Å². The molecule has 2 N–H and O–H groups in total. The third-order valence-corrected chi connectivity index (χ3v) is 1.54. The predicted octanol–water partition coefficient (Wildman–Crippen LogP) is -0.284. The Labute approximate surface area is 63.2 Å². The normalized spacial score (nSPS) is 24.4. The summed E-state index contributed by atoms with van der Waals surface area (Å²) < 4.78 is 4.78. The first kappa shape index (κ1) is 7.21. The van der Waals surface area contributed by atoms with Gasteiger partial charge in [-0.15, -0.1) is 11.6 Å². The molecule has 4 nitrogen and oxygen atoms in total. The highest BCUT2D eigenvalue weighted by Gasteiger charge is 2.23. The van der Waals surface area contributed by atoms with Gasteiger partial charge in [-0.1, -0.05) is 0 Å². The van der Waals surface area contributed by atoms with Crippen molar-refractivity contribution in [3.63, 3.8) is 0 Å². The Morgan fingerprint density at radius 3 is 3.00 bits per heavy atom. The molecule has 1 aliphatic heterocycles. The molecule has 5 heteroatoms. The Hall–Kier alpha value is -0.900. The van der Waals surface area contributed by atoms with Gasteiger partial charge in [-0.2, -0.15) is 0 Å². The lowest BCUT2D eigenvalue weighted by Gasteiger charge is -2.18. The molecule has 0 saturated carbocycles. The Balaban J connectivity index is 2.71. The number of alkyl halides is 1. The lowest BCUT2D eigenvalue weighted by Crippen LogP contribution is -2.44. The van der Waals surface area contributed by atoms with Crippen LogP contribution in [0.15, 0.2) is 12.0 Å². The second-order valence-corrected chi connectivity index (χ2v) is 2.18. The molecule has 0 unspecified atom stereocenters. The molecule has 56 valence electrons. The van der Waals surface area contributed by atoms with E-state index in [4.69, 9.17) is 16.3 Å². The Morgan fingerprint density at radius 2 is 2.50 bits per heavy atom. The lowest BCUT2D eigenvalue weighted by atomic mass is 10.3. The smallest absolute Gasteiger partial charge is 0.264 e. The molecule has 1 rings (SSSR count). The zero-order valence-corrected chi connectivity index (χ0v) is 6.11. The Bertz CT molecular complexity index is 180. The molecule has 0 spiro atoms. The van der Waals surface area contributed by atoms with Crippen molar-refractivity contribution in [2.75, 3.05) is 7.11 Å². The number of carbonyl (C=O) groups is 1. The van der Waals surface area contributed by atoms with Crippen LogP contribution in [0.4, 0.5) is 0 Å². The zero-order chi connectivity index (χ0) is 7.56. The number of hydrogen-bond acceptors (Lipinski definition) is 3. The number of rotatable bonds is 1. The monoisotopic (exact) mass is 162 g/mol. The van der Waals surface area contributed by atoms with Gasteiger partial charge in [0.15, 0.2) is 5.38 Å². The van der Waals surface area contributed by atoms with Crippen LogP contribution in [-0.4, -0.2) is 18.4 Å². The first-order valence-electron chi connectivity index (χ1n) is 2.69. The van der Waals surface area contributed by atoms with Crippen LogP contribution < -0.4 is 10.9 Å². The fourth-order valence-corrected chi connectivity index (χ4v) is 0.813. The van der Waals surface area contributed by atoms with Crippen molar-refractivity contribution >= 4 is 17.5 Å². The zero-order valence-electron chi connectivity index (χ0n) is 5.35. The quantitative estimate of drug-likeness (QED) is 0.522. The van der Waals surface area contributed by atoms with Gasteiger partial charge in [-0.3, -0.25) is 10.2 Å². The standard InChI is InChI=1S/C5H7ClN2O2/c1-10-3-2-7-8-5(9)4(3)6/h2,4,7H,1H3,(H,8,9)/t4-/m1/s1. The van der Waals surface area contributed by atoms with E-state index < -0.39 is 5.38 Å². The number of hydrogen-bond donors (Lipinski definition) is 2. The Kier molecular flexibility index (Phi) is 2.01.